The van der Waals surface area contributed by atoms with Gasteiger partial charge in [0, 0.05) is 30.4 Å². The average molecular weight is 255 g/mol. The van der Waals surface area contributed by atoms with Crippen LogP contribution in [0.1, 0.15) is 17.5 Å². The number of fused-ring (bicyclic) bond motifs is 1. The van der Waals surface area contributed by atoms with Crippen LogP contribution >= 0.6 is 0 Å². The minimum Gasteiger partial charge on any atom is -0.508 e. The molecule has 0 aromatic heterocycles. The lowest BCUT2D eigenvalue weighted by molar-refractivity contribution is 0.445. The zero-order valence-corrected chi connectivity index (χ0v) is 10.7. The summed E-state index contributed by atoms with van der Waals surface area (Å²) in [6, 6.07) is 13.2. The topological polar surface area (TPSA) is 43.7 Å². The summed E-state index contributed by atoms with van der Waals surface area (Å²) in [4.78, 5) is 2.28. The van der Waals surface area contributed by atoms with Gasteiger partial charge in [0.2, 0.25) is 0 Å². The van der Waals surface area contributed by atoms with E-state index in [4.69, 9.17) is 0 Å². The molecule has 0 spiro atoms. The molecule has 3 rings (SSSR count). The number of benzene rings is 2. The molecule has 3 nitrogen and oxygen atoms in total. The zero-order valence-electron chi connectivity index (χ0n) is 10.7. The first kappa shape index (κ1) is 11.9. The van der Waals surface area contributed by atoms with Gasteiger partial charge in [-0.3, -0.25) is 0 Å². The van der Waals surface area contributed by atoms with Crippen molar-refractivity contribution in [1.29, 1.82) is 0 Å². The Bertz CT molecular complexity index is 595. The number of aryl methyl sites for hydroxylation is 1. The van der Waals surface area contributed by atoms with E-state index in [-0.39, 0.29) is 11.5 Å². The highest BCUT2D eigenvalue weighted by molar-refractivity contribution is 5.56. The van der Waals surface area contributed by atoms with E-state index in [1.807, 2.05) is 6.07 Å². The Balaban J connectivity index is 1.88. The predicted molar refractivity (Wildman–Crippen MR) is 75.6 cm³/mol. The third kappa shape index (κ3) is 2.36. The van der Waals surface area contributed by atoms with Crippen LogP contribution in [0.2, 0.25) is 0 Å². The second-order valence-corrected chi connectivity index (χ2v) is 4.97. The SMILES string of the molecule is Oc1ccc(CN2CCCc3ccccc32)c(O)c1. The molecule has 0 fully saturated rings. The highest BCUT2D eigenvalue weighted by atomic mass is 16.3. The van der Waals surface area contributed by atoms with E-state index < -0.39 is 0 Å². The summed E-state index contributed by atoms with van der Waals surface area (Å²) in [5.74, 6) is 0.253. The average Bonchev–Trinajstić information content (AvgIpc) is 2.42. The largest absolute Gasteiger partial charge is 0.508 e. The van der Waals surface area contributed by atoms with E-state index in [0.717, 1.165) is 24.9 Å². The van der Waals surface area contributed by atoms with Crippen LogP contribution < -0.4 is 4.90 Å². The molecule has 1 aliphatic heterocycles. The van der Waals surface area contributed by atoms with Gasteiger partial charge in [-0.25, -0.2) is 0 Å². The van der Waals surface area contributed by atoms with Crippen molar-refractivity contribution in [3.63, 3.8) is 0 Å². The van der Waals surface area contributed by atoms with Crippen molar-refractivity contribution in [2.45, 2.75) is 19.4 Å². The Morgan fingerprint density at radius 3 is 2.74 bits per heavy atom. The lowest BCUT2D eigenvalue weighted by Gasteiger charge is -2.31. The van der Waals surface area contributed by atoms with Gasteiger partial charge in [0.1, 0.15) is 11.5 Å². The number of anilines is 1. The van der Waals surface area contributed by atoms with E-state index in [1.54, 1.807) is 12.1 Å². The molecule has 0 unspecified atom stereocenters. The molecule has 1 aliphatic rings. The molecule has 2 N–H and O–H groups in total. The molecule has 0 saturated heterocycles. The fourth-order valence-corrected chi connectivity index (χ4v) is 2.67. The monoisotopic (exact) mass is 255 g/mol. The highest BCUT2D eigenvalue weighted by Crippen LogP contribution is 2.30. The van der Waals surface area contributed by atoms with Crippen molar-refractivity contribution >= 4 is 5.69 Å². The molecule has 1 heterocycles. The molecule has 98 valence electrons. The maximum atomic E-state index is 9.88. The van der Waals surface area contributed by atoms with Crippen LogP contribution in [0.15, 0.2) is 42.5 Å². The fourth-order valence-electron chi connectivity index (χ4n) is 2.67. The highest BCUT2D eigenvalue weighted by Gasteiger charge is 2.17. The third-order valence-corrected chi connectivity index (χ3v) is 3.64. The molecule has 2 aromatic rings. The van der Waals surface area contributed by atoms with Crippen molar-refractivity contribution in [3.05, 3.63) is 53.6 Å². The Morgan fingerprint density at radius 2 is 1.89 bits per heavy atom. The molecule has 0 radical (unpaired) electrons. The quantitative estimate of drug-likeness (QED) is 0.866. The zero-order chi connectivity index (χ0) is 13.2. The second kappa shape index (κ2) is 4.84. The van der Waals surface area contributed by atoms with E-state index in [0.29, 0.717) is 6.54 Å². The number of nitrogens with zero attached hydrogens (tertiary/aromatic N) is 1. The summed E-state index contributed by atoms with van der Waals surface area (Å²) < 4.78 is 0. The molecule has 0 aliphatic carbocycles. The summed E-state index contributed by atoms with van der Waals surface area (Å²) in [5, 5.41) is 19.2. The molecular formula is C16H17NO2. The van der Waals surface area contributed by atoms with E-state index in [2.05, 4.69) is 23.1 Å². The van der Waals surface area contributed by atoms with Crippen LogP contribution in [0.25, 0.3) is 0 Å². The lowest BCUT2D eigenvalue weighted by atomic mass is 10.0. The molecule has 0 amide bonds. The molecule has 19 heavy (non-hydrogen) atoms. The first-order chi connectivity index (χ1) is 9.24. The fraction of sp³-hybridized carbons (Fsp3) is 0.250. The van der Waals surface area contributed by atoms with Crippen LogP contribution in [0, 0.1) is 0 Å². The number of aromatic hydroxyl groups is 2. The third-order valence-electron chi connectivity index (χ3n) is 3.64. The number of hydrogen-bond acceptors (Lipinski definition) is 3. The van der Waals surface area contributed by atoms with Gasteiger partial charge in [0.05, 0.1) is 0 Å². The molecule has 2 aromatic carbocycles. The van der Waals surface area contributed by atoms with Crippen LogP contribution in [-0.4, -0.2) is 16.8 Å². The number of hydrogen-bond donors (Lipinski definition) is 2. The Labute approximate surface area is 112 Å². The van der Waals surface area contributed by atoms with Crippen LogP contribution in [0.3, 0.4) is 0 Å². The van der Waals surface area contributed by atoms with Crippen molar-refractivity contribution < 1.29 is 10.2 Å². The van der Waals surface area contributed by atoms with Crippen LogP contribution in [0.4, 0.5) is 5.69 Å². The lowest BCUT2D eigenvalue weighted by Crippen LogP contribution is -2.28. The van der Waals surface area contributed by atoms with Crippen molar-refractivity contribution in [2.75, 3.05) is 11.4 Å². The molecule has 0 saturated carbocycles. The minimum absolute atomic E-state index is 0.0975. The normalized spacial score (nSPS) is 14.2. The van der Waals surface area contributed by atoms with Crippen LogP contribution in [0.5, 0.6) is 11.5 Å². The number of phenolic OH excluding ortho intramolecular Hbond substituents is 2. The van der Waals surface area contributed by atoms with Gasteiger partial charge in [-0.2, -0.15) is 0 Å². The number of phenols is 2. The minimum atomic E-state index is 0.0975. The van der Waals surface area contributed by atoms with Gasteiger partial charge in [-0.1, -0.05) is 18.2 Å². The van der Waals surface area contributed by atoms with Crippen molar-refractivity contribution in [3.8, 4) is 11.5 Å². The Hall–Kier alpha value is -2.16. The summed E-state index contributed by atoms with van der Waals surface area (Å²) >= 11 is 0. The molecular weight excluding hydrogens is 238 g/mol. The molecule has 0 bridgehead atoms. The van der Waals surface area contributed by atoms with Crippen molar-refractivity contribution in [2.24, 2.45) is 0 Å². The van der Waals surface area contributed by atoms with Crippen LogP contribution in [-0.2, 0) is 13.0 Å². The maximum Gasteiger partial charge on any atom is 0.124 e. The van der Waals surface area contributed by atoms with E-state index >= 15 is 0 Å². The van der Waals surface area contributed by atoms with Gasteiger partial charge in [0.15, 0.2) is 0 Å². The van der Waals surface area contributed by atoms with Gasteiger partial charge in [-0.05, 0) is 36.6 Å². The Morgan fingerprint density at radius 1 is 1.05 bits per heavy atom. The maximum absolute atomic E-state index is 9.88. The predicted octanol–water partition coefficient (Wildman–Crippen LogP) is 3.05. The number of rotatable bonds is 2. The molecule has 3 heteroatoms. The standard InChI is InChI=1S/C16H17NO2/c18-14-8-7-13(16(19)10-14)11-17-9-3-5-12-4-1-2-6-15(12)17/h1-2,4,6-8,10,18-19H,3,5,9,11H2. The van der Waals surface area contributed by atoms with E-state index in [1.165, 1.54) is 17.3 Å². The summed E-state index contributed by atoms with van der Waals surface area (Å²) in [7, 11) is 0. The number of para-hydroxylation sites is 1. The molecule has 0 atom stereocenters. The smallest absolute Gasteiger partial charge is 0.124 e. The first-order valence-corrected chi connectivity index (χ1v) is 6.58. The summed E-state index contributed by atoms with van der Waals surface area (Å²) in [6.45, 7) is 1.67. The van der Waals surface area contributed by atoms with E-state index in [9.17, 15) is 10.2 Å². The van der Waals surface area contributed by atoms with Gasteiger partial charge >= 0.3 is 0 Å². The first-order valence-electron chi connectivity index (χ1n) is 6.58. The summed E-state index contributed by atoms with van der Waals surface area (Å²) in [6.07, 6.45) is 2.25. The van der Waals surface area contributed by atoms with Gasteiger partial charge in [-0.15, -0.1) is 0 Å². The summed E-state index contributed by atoms with van der Waals surface area (Å²) in [5.41, 5.74) is 3.46. The van der Waals surface area contributed by atoms with Crippen molar-refractivity contribution in [1.82, 2.24) is 0 Å². The Kier molecular flexibility index (Phi) is 3.03. The van der Waals surface area contributed by atoms with Gasteiger partial charge in [0.25, 0.3) is 0 Å². The second-order valence-electron chi connectivity index (χ2n) is 4.97. The van der Waals surface area contributed by atoms with Gasteiger partial charge < -0.3 is 15.1 Å².